The number of aryl methyl sites for hydroxylation is 2. The first kappa shape index (κ1) is 12.5. The molecule has 5 nitrogen and oxygen atoms in total. The lowest BCUT2D eigenvalue weighted by Crippen LogP contribution is -1.95. The van der Waals surface area contributed by atoms with E-state index in [0.29, 0.717) is 0 Å². The molecule has 3 aromatic heterocycles. The first-order valence-electron chi connectivity index (χ1n) is 7.50. The number of rotatable bonds is 0. The standard InChI is InChI=1S/C18H13N5/c1-10-6-11(2)16-14(7-10)17-19-8-12-4-3-5-13(15(12)21-17)18-22-20-9-23(16)18/h3-9H,1-2H3. The Bertz CT molecular complexity index is 1240. The molecule has 5 rings (SSSR count). The molecule has 0 spiro atoms. The van der Waals surface area contributed by atoms with E-state index in [1.54, 1.807) is 6.33 Å². The number of aromatic nitrogens is 5. The molecule has 5 aromatic rings. The molecule has 0 radical (unpaired) electrons. The van der Waals surface area contributed by atoms with Crippen LogP contribution in [-0.2, 0) is 0 Å². The van der Waals surface area contributed by atoms with Gasteiger partial charge in [-0.15, -0.1) is 10.2 Å². The molecule has 0 amide bonds. The van der Waals surface area contributed by atoms with Gasteiger partial charge in [0.05, 0.1) is 11.0 Å². The predicted molar refractivity (Wildman–Crippen MR) is 90.6 cm³/mol. The van der Waals surface area contributed by atoms with Crippen LogP contribution in [0.1, 0.15) is 11.1 Å². The van der Waals surface area contributed by atoms with Gasteiger partial charge in [-0.25, -0.2) is 9.97 Å². The summed E-state index contributed by atoms with van der Waals surface area (Å²) in [6.07, 6.45) is 3.65. The molecule has 23 heavy (non-hydrogen) atoms. The van der Waals surface area contributed by atoms with E-state index in [0.717, 1.165) is 44.0 Å². The summed E-state index contributed by atoms with van der Waals surface area (Å²) in [7, 11) is 0. The summed E-state index contributed by atoms with van der Waals surface area (Å²) >= 11 is 0. The van der Waals surface area contributed by atoms with Gasteiger partial charge in [-0.1, -0.05) is 18.2 Å². The lowest BCUT2D eigenvalue weighted by Gasteiger charge is -2.09. The molecule has 0 unspecified atom stereocenters. The fraction of sp³-hybridized carbons (Fsp3) is 0.111. The van der Waals surface area contributed by atoms with Crippen LogP contribution in [0.25, 0.3) is 38.5 Å². The Labute approximate surface area is 131 Å². The molecule has 0 saturated carbocycles. The number of hydrogen-bond acceptors (Lipinski definition) is 4. The van der Waals surface area contributed by atoms with Crippen molar-refractivity contribution < 1.29 is 0 Å². The van der Waals surface area contributed by atoms with Gasteiger partial charge in [-0.2, -0.15) is 0 Å². The van der Waals surface area contributed by atoms with Gasteiger partial charge in [0.15, 0.2) is 11.3 Å². The lowest BCUT2D eigenvalue weighted by molar-refractivity contribution is 1.11. The second-order valence-electron chi connectivity index (χ2n) is 5.94. The Balaban J connectivity index is 2.27. The van der Waals surface area contributed by atoms with E-state index < -0.39 is 0 Å². The van der Waals surface area contributed by atoms with Crippen molar-refractivity contribution in [1.29, 1.82) is 0 Å². The van der Waals surface area contributed by atoms with Gasteiger partial charge in [0.1, 0.15) is 6.33 Å². The molecule has 0 fully saturated rings. The number of benzene rings is 2. The number of nitrogens with zero attached hydrogens (tertiary/aromatic N) is 5. The highest BCUT2D eigenvalue weighted by Crippen LogP contribution is 2.28. The van der Waals surface area contributed by atoms with Gasteiger partial charge in [0, 0.05) is 22.4 Å². The molecular formula is C18H13N5. The molecule has 0 aliphatic rings. The molecule has 2 bridgehead atoms. The normalized spacial score (nSPS) is 11.9. The van der Waals surface area contributed by atoms with Gasteiger partial charge < -0.3 is 0 Å². The zero-order valence-corrected chi connectivity index (χ0v) is 12.8. The quantitative estimate of drug-likeness (QED) is 0.438. The van der Waals surface area contributed by atoms with Crippen molar-refractivity contribution in [3.8, 4) is 0 Å². The van der Waals surface area contributed by atoms with Crippen molar-refractivity contribution >= 4 is 38.5 Å². The summed E-state index contributed by atoms with van der Waals surface area (Å²) in [5.74, 6) is 0. The monoisotopic (exact) mass is 299 g/mol. The van der Waals surface area contributed by atoms with Gasteiger partial charge in [-0.05, 0) is 37.1 Å². The van der Waals surface area contributed by atoms with Crippen molar-refractivity contribution in [2.24, 2.45) is 0 Å². The topological polar surface area (TPSA) is 56.0 Å². The third-order valence-corrected chi connectivity index (χ3v) is 4.33. The fourth-order valence-electron chi connectivity index (χ4n) is 3.40. The van der Waals surface area contributed by atoms with Crippen molar-refractivity contribution in [3.63, 3.8) is 0 Å². The molecular weight excluding hydrogens is 286 g/mol. The largest absolute Gasteiger partial charge is 0.281 e. The molecule has 0 N–H and O–H groups in total. The third kappa shape index (κ3) is 1.61. The lowest BCUT2D eigenvalue weighted by atomic mass is 10.1. The van der Waals surface area contributed by atoms with Crippen LogP contribution in [0, 0.1) is 13.8 Å². The van der Waals surface area contributed by atoms with Gasteiger partial charge in [-0.3, -0.25) is 4.40 Å². The van der Waals surface area contributed by atoms with Crippen molar-refractivity contribution in [1.82, 2.24) is 24.6 Å². The number of hydrogen-bond donors (Lipinski definition) is 0. The molecule has 0 aliphatic carbocycles. The minimum absolute atomic E-state index is 0.742. The first-order chi connectivity index (χ1) is 11.2. The van der Waals surface area contributed by atoms with Crippen LogP contribution in [-0.4, -0.2) is 24.6 Å². The van der Waals surface area contributed by atoms with E-state index in [1.165, 1.54) is 5.56 Å². The van der Waals surface area contributed by atoms with E-state index in [9.17, 15) is 0 Å². The Hall–Kier alpha value is -3.08. The molecule has 0 atom stereocenters. The molecule has 0 aliphatic heterocycles. The first-order valence-corrected chi connectivity index (χ1v) is 7.50. The molecule has 110 valence electrons. The molecule has 2 aromatic carbocycles. The maximum absolute atomic E-state index is 4.83. The summed E-state index contributed by atoms with van der Waals surface area (Å²) in [5.41, 5.74) is 5.86. The van der Waals surface area contributed by atoms with Gasteiger partial charge in [0.25, 0.3) is 0 Å². The summed E-state index contributed by atoms with van der Waals surface area (Å²) in [4.78, 5) is 9.41. The fourth-order valence-corrected chi connectivity index (χ4v) is 3.40. The van der Waals surface area contributed by atoms with Crippen molar-refractivity contribution in [2.45, 2.75) is 13.8 Å². The highest BCUT2D eigenvalue weighted by molar-refractivity contribution is 6.06. The van der Waals surface area contributed by atoms with Crippen molar-refractivity contribution in [2.75, 3.05) is 0 Å². The van der Waals surface area contributed by atoms with Gasteiger partial charge >= 0.3 is 0 Å². The van der Waals surface area contributed by atoms with E-state index in [2.05, 4.69) is 41.2 Å². The van der Waals surface area contributed by atoms with Crippen LogP contribution < -0.4 is 0 Å². The summed E-state index contributed by atoms with van der Waals surface area (Å²) in [6, 6.07) is 10.3. The van der Waals surface area contributed by atoms with Gasteiger partial charge in [0.2, 0.25) is 0 Å². The highest BCUT2D eigenvalue weighted by atomic mass is 15.2. The van der Waals surface area contributed by atoms with E-state index >= 15 is 0 Å². The Morgan fingerprint density at radius 2 is 1.96 bits per heavy atom. The van der Waals surface area contributed by atoms with E-state index in [4.69, 9.17) is 4.98 Å². The van der Waals surface area contributed by atoms with Crippen molar-refractivity contribution in [3.05, 3.63) is 54.0 Å². The average Bonchev–Trinajstić information content (AvgIpc) is 3.00. The summed E-state index contributed by atoms with van der Waals surface area (Å²) in [5, 5.41) is 11.5. The average molecular weight is 299 g/mol. The Morgan fingerprint density at radius 3 is 2.87 bits per heavy atom. The van der Waals surface area contributed by atoms with Crippen LogP contribution in [0.3, 0.4) is 0 Å². The van der Waals surface area contributed by atoms with Crippen LogP contribution in [0.5, 0.6) is 0 Å². The zero-order valence-electron chi connectivity index (χ0n) is 12.8. The SMILES string of the molecule is Cc1cc(C)c2c(c1)c1ncc3cccc(c3n1)c1nncn12. The molecule has 5 heteroatoms. The van der Waals surface area contributed by atoms with E-state index in [1.807, 2.05) is 28.8 Å². The maximum atomic E-state index is 4.83. The minimum atomic E-state index is 0.742. The van der Waals surface area contributed by atoms with Crippen LogP contribution in [0.15, 0.2) is 42.9 Å². The number of fused-ring (bicyclic) bond motifs is 6. The third-order valence-electron chi connectivity index (χ3n) is 4.33. The smallest absolute Gasteiger partial charge is 0.170 e. The number of para-hydroxylation sites is 1. The zero-order chi connectivity index (χ0) is 15.6. The van der Waals surface area contributed by atoms with Crippen LogP contribution >= 0.6 is 0 Å². The summed E-state index contributed by atoms with van der Waals surface area (Å²) < 4.78 is 2.04. The molecule has 0 saturated heterocycles. The minimum Gasteiger partial charge on any atom is -0.281 e. The maximum Gasteiger partial charge on any atom is 0.170 e. The Kier molecular flexibility index (Phi) is 2.29. The van der Waals surface area contributed by atoms with Crippen LogP contribution in [0.4, 0.5) is 0 Å². The Morgan fingerprint density at radius 1 is 1.04 bits per heavy atom. The summed E-state index contributed by atoms with van der Waals surface area (Å²) in [6.45, 7) is 4.19. The highest BCUT2D eigenvalue weighted by Gasteiger charge is 2.12. The molecule has 3 heterocycles. The van der Waals surface area contributed by atoms with E-state index in [-0.39, 0.29) is 0 Å². The second kappa shape index (κ2) is 4.23. The van der Waals surface area contributed by atoms with Crippen LogP contribution in [0.2, 0.25) is 0 Å². The predicted octanol–water partition coefficient (Wildman–Crippen LogP) is 3.60. The second-order valence-corrected chi connectivity index (χ2v) is 5.94.